The molecule has 0 aliphatic carbocycles. The van der Waals surface area contributed by atoms with Crippen LogP contribution in [-0.4, -0.2) is 52.0 Å². The van der Waals surface area contributed by atoms with E-state index in [-0.39, 0.29) is 23.1 Å². The zero-order valence-corrected chi connectivity index (χ0v) is 23.5. The van der Waals surface area contributed by atoms with Crippen molar-refractivity contribution in [3.63, 3.8) is 0 Å². The first-order valence-corrected chi connectivity index (χ1v) is 14.0. The first-order chi connectivity index (χ1) is 18.9. The second kappa shape index (κ2) is 10.5. The highest BCUT2D eigenvalue weighted by Crippen LogP contribution is 2.39. The number of aryl methyl sites for hydroxylation is 2. The van der Waals surface area contributed by atoms with Crippen LogP contribution in [-0.2, 0) is 11.8 Å². The van der Waals surface area contributed by atoms with Crippen molar-refractivity contribution in [1.82, 2.24) is 19.6 Å². The van der Waals surface area contributed by atoms with Gasteiger partial charge in [-0.05, 0) is 53.4 Å². The van der Waals surface area contributed by atoms with Crippen LogP contribution in [0.5, 0.6) is 5.75 Å². The van der Waals surface area contributed by atoms with E-state index >= 15 is 0 Å². The van der Waals surface area contributed by atoms with Crippen molar-refractivity contribution in [3.05, 3.63) is 74.2 Å². The van der Waals surface area contributed by atoms with Crippen molar-refractivity contribution < 1.29 is 9.47 Å². The molecule has 2 aromatic carbocycles. The van der Waals surface area contributed by atoms with Crippen molar-refractivity contribution >= 4 is 32.5 Å². The van der Waals surface area contributed by atoms with E-state index in [0.717, 1.165) is 51.6 Å². The number of hydrogen-bond donors (Lipinski definition) is 0. The smallest absolute Gasteiger partial charge is 0.270 e. The largest absolute Gasteiger partial charge is 0.487 e. The number of fused-ring (bicyclic) bond motifs is 1. The summed E-state index contributed by atoms with van der Waals surface area (Å²) >= 11 is 3.67. The molecule has 1 unspecified atom stereocenters. The third kappa shape index (κ3) is 4.70. The minimum atomic E-state index is -0.305. The predicted molar refractivity (Wildman–Crippen MR) is 152 cm³/mol. The molecular formula is C29H29BrN6O3. The lowest BCUT2D eigenvalue weighted by Gasteiger charge is -2.34. The van der Waals surface area contributed by atoms with Gasteiger partial charge in [-0.2, -0.15) is 5.26 Å². The maximum atomic E-state index is 13.3. The lowest BCUT2D eigenvalue weighted by molar-refractivity contribution is 0.141. The number of rotatable bonds is 5. The molecule has 2 aliphatic rings. The van der Waals surface area contributed by atoms with Crippen LogP contribution in [0.25, 0.3) is 16.6 Å². The average Bonchev–Trinajstić information content (AvgIpc) is 3.65. The van der Waals surface area contributed by atoms with Gasteiger partial charge in [0.05, 0.1) is 46.5 Å². The molecule has 0 bridgehead atoms. The highest BCUT2D eigenvalue weighted by molar-refractivity contribution is 9.10. The van der Waals surface area contributed by atoms with Crippen LogP contribution in [0.15, 0.2) is 51.9 Å². The number of anilines is 1. The lowest BCUT2D eigenvalue weighted by Crippen LogP contribution is -2.36. The van der Waals surface area contributed by atoms with Crippen molar-refractivity contribution in [1.29, 1.82) is 5.26 Å². The summed E-state index contributed by atoms with van der Waals surface area (Å²) in [5.74, 6) is 0.918. The third-order valence-corrected chi connectivity index (χ3v) is 8.44. The molecule has 2 fully saturated rings. The van der Waals surface area contributed by atoms with Gasteiger partial charge in [0.2, 0.25) is 0 Å². The summed E-state index contributed by atoms with van der Waals surface area (Å²) in [7, 11) is 1.70. The van der Waals surface area contributed by atoms with Gasteiger partial charge >= 0.3 is 0 Å². The maximum absolute atomic E-state index is 13.3. The Hall–Kier alpha value is -3.68. The Morgan fingerprint density at radius 1 is 1.18 bits per heavy atom. The Labute approximate surface area is 234 Å². The summed E-state index contributed by atoms with van der Waals surface area (Å²) in [5, 5.41) is 19.7. The normalized spacial score (nSPS) is 18.0. The lowest BCUT2D eigenvalue weighted by atomic mass is 9.93. The van der Waals surface area contributed by atoms with E-state index in [4.69, 9.17) is 9.47 Å². The summed E-state index contributed by atoms with van der Waals surface area (Å²) < 4.78 is 15.8. The molecule has 4 aromatic rings. The van der Waals surface area contributed by atoms with Gasteiger partial charge in [-0.1, -0.05) is 23.4 Å². The van der Waals surface area contributed by atoms with E-state index in [1.807, 2.05) is 41.2 Å². The highest BCUT2D eigenvalue weighted by Gasteiger charge is 2.28. The number of pyridine rings is 1. The summed E-state index contributed by atoms with van der Waals surface area (Å²) in [4.78, 5) is 15.5. The van der Waals surface area contributed by atoms with Gasteiger partial charge in [0, 0.05) is 43.9 Å². The molecule has 0 spiro atoms. The van der Waals surface area contributed by atoms with Gasteiger partial charge in [-0.3, -0.25) is 4.79 Å². The number of nitriles is 1. The zero-order chi connectivity index (χ0) is 27.1. The molecule has 0 radical (unpaired) electrons. The summed E-state index contributed by atoms with van der Waals surface area (Å²) in [6.45, 7) is 4.70. The summed E-state index contributed by atoms with van der Waals surface area (Å²) in [6.07, 6.45) is 4.52. The highest BCUT2D eigenvalue weighted by atomic mass is 79.9. The molecule has 0 saturated carbocycles. The number of piperidine rings is 1. The first kappa shape index (κ1) is 25.6. The minimum absolute atomic E-state index is 0.0172. The Morgan fingerprint density at radius 2 is 1.97 bits per heavy atom. The van der Waals surface area contributed by atoms with E-state index in [1.54, 1.807) is 11.6 Å². The Kier molecular flexibility index (Phi) is 6.87. The second-order valence-electron chi connectivity index (χ2n) is 10.2. The number of halogens is 1. The van der Waals surface area contributed by atoms with Crippen molar-refractivity contribution in [2.45, 2.75) is 38.2 Å². The van der Waals surface area contributed by atoms with Crippen LogP contribution in [0.1, 0.15) is 42.0 Å². The van der Waals surface area contributed by atoms with E-state index in [1.165, 1.54) is 0 Å². The topological polar surface area (TPSA) is 98.2 Å². The van der Waals surface area contributed by atoms with Crippen LogP contribution in [0.2, 0.25) is 0 Å². The molecule has 6 rings (SSSR count). The number of aromatic nitrogens is 4. The predicted octanol–water partition coefficient (Wildman–Crippen LogP) is 4.61. The fraction of sp³-hybridized carbons (Fsp3) is 0.379. The monoisotopic (exact) mass is 588 g/mol. The van der Waals surface area contributed by atoms with E-state index in [2.05, 4.69) is 50.2 Å². The minimum Gasteiger partial charge on any atom is -0.487 e. The molecular weight excluding hydrogens is 560 g/mol. The van der Waals surface area contributed by atoms with Crippen LogP contribution in [0.4, 0.5) is 5.69 Å². The zero-order valence-electron chi connectivity index (χ0n) is 21.9. The van der Waals surface area contributed by atoms with Crippen molar-refractivity contribution in [3.8, 4) is 17.5 Å². The molecule has 0 N–H and O–H groups in total. The number of nitrogens with zero attached hydrogens (tertiary/aromatic N) is 6. The van der Waals surface area contributed by atoms with Gasteiger partial charge in [0.25, 0.3) is 5.56 Å². The van der Waals surface area contributed by atoms with Crippen molar-refractivity contribution in [2.24, 2.45) is 7.05 Å². The summed E-state index contributed by atoms with van der Waals surface area (Å²) in [5.41, 5.74) is 4.41. The first-order valence-electron chi connectivity index (χ1n) is 13.2. The van der Waals surface area contributed by atoms with E-state index in [9.17, 15) is 10.1 Å². The van der Waals surface area contributed by atoms with Gasteiger partial charge in [0.15, 0.2) is 0 Å². The number of ether oxygens (including phenoxy) is 2. The van der Waals surface area contributed by atoms with E-state index in [0.29, 0.717) is 37.7 Å². The van der Waals surface area contributed by atoms with Crippen molar-refractivity contribution in [2.75, 3.05) is 31.2 Å². The average molecular weight is 589 g/mol. The fourth-order valence-corrected chi connectivity index (χ4v) is 6.07. The molecule has 10 heteroatoms. The van der Waals surface area contributed by atoms with Crippen LogP contribution >= 0.6 is 15.9 Å². The number of benzene rings is 2. The SMILES string of the molecule is Cc1ccccc1-n1cc(C2CCN(c3c(C#N)c(=O)n(C)c4cc(OC5CCOC5)c(Br)cc34)CC2)nn1. The van der Waals surface area contributed by atoms with Gasteiger partial charge < -0.3 is 18.9 Å². The van der Waals surface area contributed by atoms with Crippen LogP contribution in [0, 0.1) is 18.3 Å². The molecule has 4 heterocycles. The Balaban J connectivity index is 1.30. The molecule has 2 aliphatic heterocycles. The molecule has 2 saturated heterocycles. The van der Waals surface area contributed by atoms with Gasteiger partial charge in [-0.15, -0.1) is 5.10 Å². The molecule has 1 atom stereocenters. The third-order valence-electron chi connectivity index (χ3n) is 7.82. The standard InChI is InChI=1S/C29H29BrN6O3/c1-18-5-3-4-6-25(18)36-16-24(32-33-36)19-7-10-35(11-8-19)28-21-13-23(30)27(39-20-9-12-38-17-20)14-26(21)34(2)29(37)22(28)15-31/h3-6,13-14,16,19-20H,7-12,17H2,1-2H3. The Bertz CT molecular complexity index is 1640. The number of para-hydroxylation sites is 1. The Morgan fingerprint density at radius 3 is 2.69 bits per heavy atom. The molecule has 39 heavy (non-hydrogen) atoms. The van der Waals surface area contributed by atoms with Crippen LogP contribution in [0.3, 0.4) is 0 Å². The van der Waals surface area contributed by atoms with E-state index < -0.39 is 0 Å². The van der Waals surface area contributed by atoms with Gasteiger partial charge in [-0.25, -0.2) is 4.68 Å². The molecule has 0 amide bonds. The maximum Gasteiger partial charge on any atom is 0.270 e. The number of hydrogen-bond acceptors (Lipinski definition) is 7. The molecule has 2 aromatic heterocycles. The molecule has 200 valence electrons. The second-order valence-corrected chi connectivity index (χ2v) is 11.1. The molecule has 9 nitrogen and oxygen atoms in total. The van der Waals surface area contributed by atoms with Gasteiger partial charge in [0.1, 0.15) is 23.5 Å². The quantitative estimate of drug-likeness (QED) is 0.335. The summed E-state index contributed by atoms with van der Waals surface area (Å²) in [6, 6.07) is 14.2. The van der Waals surface area contributed by atoms with Crippen LogP contribution < -0.4 is 15.2 Å². The fourth-order valence-electron chi connectivity index (χ4n) is 5.63.